The molecule has 0 saturated carbocycles. The zero-order chi connectivity index (χ0) is 21.7. The molecule has 1 aromatic heterocycles. The molecule has 0 unspecified atom stereocenters. The van der Waals surface area contributed by atoms with Gasteiger partial charge in [0.25, 0.3) is 0 Å². The van der Waals surface area contributed by atoms with Crippen LogP contribution in [0.3, 0.4) is 0 Å². The van der Waals surface area contributed by atoms with Crippen molar-refractivity contribution in [1.82, 2.24) is 14.3 Å². The number of nitrogens with one attached hydrogen (secondary N) is 1. The second kappa shape index (κ2) is 9.40. The lowest BCUT2D eigenvalue weighted by molar-refractivity contribution is 0.0526. The fourth-order valence-electron chi connectivity index (χ4n) is 3.19. The van der Waals surface area contributed by atoms with Crippen LogP contribution in [0.2, 0.25) is 0 Å². The summed E-state index contributed by atoms with van der Waals surface area (Å²) in [5, 5.41) is 3.03. The van der Waals surface area contributed by atoms with Crippen LogP contribution in [-0.2, 0) is 14.8 Å². The second-order valence-corrected chi connectivity index (χ2v) is 8.64. The van der Waals surface area contributed by atoms with Gasteiger partial charge in [-0.1, -0.05) is 0 Å². The van der Waals surface area contributed by atoms with E-state index in [0.717, 1.165) is 12.8 Å². The van der Waals surface area contributed by atoms with Crippen molar-refractivity contribution in [2.24, 2.45) is 0 Å². The Hall–Kier alpha value is -2.72. The van der Waals surface area contributed by atoms with E-state index in [0.29, 0.717) is 37.0 Å². The number of esters is 1. The molecule has 0 bridgehead atoms. The lowest BCUT2D eigenvalue weighted by atomic mass is 10.2. The molecule has 162 valence electrons. The van der Waals surface area contributed by atoms with Gasteiger partial charge in [0.15, 0.2) is 0 Å². The molecule has 30 heavy (non-hydrogen) atoms. The number of benzene rings is 1. The van der Waals surface area contributed by atoms with Crippen LogP contribution in [0.25, 0.3) is 0 Å². The molecule has 0 aliphatic carbocycles. The van der Waals surface area contributed by atoms with E-state index in [1.807, 2.05) is 0 Å². The summed E-state index contributed by atoms with van der Waals surface area (Å²) in [7, 11) is -3.71. The van der Waals surface area contributed by atoms with Gasteiger partial charge in [0.2, 0.25) is 10.0 Å². The van der Waals surface area contributed by atoms with Crippen LogP contribution in [0.5, 0.6) is 5.75 Å². The largest absolute Gasteiger partial charge is 0.492 e. The number of aryl methyl sites for hydroxylation is 1. The SMILES string of the molecule is CCOC(=O)c1cnc(C)nc1Nc1ccc(OCC)c(S(=O)(=O)N2CCCC2)c1. The Kier molecular flexibility index (Phi) is 6.88. The summed E-state index contributed by atoms with van der Waals surface area (Å²) in [5.41, 5.74) is 0.625. The number of nitrogens with zero attached hydrogens (tertiary/aromatic N) is 3. The minimum Gasteiger partial charge on any atom is -0.492 e. The second-order valence-electron chi connectivity index (χ2n) is 6.73. The van der Waals surface area contributed by atoms with E-state index in [4.69, 9.17) is 9.47 Å². The smallest absolute Gasteiger partial charge is 0.343 e. The third kappa shape index (κ3) is 4.71. The highest BCUT2D eigenvalue weighted by atomic mass is 32.2. The Morgan fingerprint density at radius 1 is 1.20 bits per heavy atom. The molecule has 1 aromatic carbocycles. The quantitative estimate of drug-likeness (QED) is 0.632. The molecule has 2 aromatic rings. The van der Waals surface area contributed by atoms with Gasteiger partial charge >= 0.3 is 5.97 Å². The zero-order valence-corrected chi connectivity index (χ0v) is 18.2. The predicted molar refractivity (Wildman–Crippen MR) is 112 cm³/mol. The lowest BCUT2D eigenvalue weighted by Crippen LogP contribution is -2.28. The zero-order valence-electron chi connectivity index (χ0n) is 17.3. The fraction of sp³-hybridized carbons (Fsp3) is 0.450. The molecular formula is C20H26N4O5S. The average Bonchev–Trinajstić information content (AvgIpc) is 3.25. The average molecular weight is 435 g/mol. The molecule has 0 amide bonds. The highest BCUT2D eigenvalue weighted by molar-refractivity contribution is 7.89. The number of hydrogen-bond acceptors (Lipinski definition) is 8. The summed E-state index contributed by atoms with van der Waals surface area (Å²) < 4.78 is 38.4. The Bertz CT molecular complexity index is 1020. The molecule has 1 aliphatic heterocycles. The van der Waals surface area contributed by atoms with Gasteiger partial charge in [-0.05, 0) is 51.8 Å². The number of carbonyl (C=O) groups excluding carboxylic acids is 1. The minimum absolute atomic E-state index is 0.0831. The van der Waals surface area contributed by atoms with Crippen LogP contribution < -0.4 is 10.1 Å². The molecule has 0 atom stereocenters. The number of hydrogen-bond donors (Lipinski definition) is 1. The Morgan fingerprint density at radius 3 is 2.60 bits per heavy atom. The maximum atomic E-state index is 13.2. The van der Waals surface area contributed by atoms with Gasteiger partial charge in [-0.3, -0.25) is 0 Å². The van der Waals surface area contributed by atoms with Crippen LogP contribution in [0.1, 0.15) is 42.9 Å². The molecule has 1 N–H and O–H groups in total. The van der Waals surface area contributed by atoms with Crippen molar-refractivity contribution in [3.63, 3.8) is 0 Å². The normalized spacial score (nSPS) is 14.5. The fourth-order valence-corrected chi connectivity index (χ4v) is 4.86. The van der Waals surface area contributed by atoms with Gasteiger partial charge < -0.3 is 14.8 Å². The number of ether oxygens (including phenoxy) is 2. The van der Waals surface area contributed by atoms with Crippen molar-refractivity contribution in [2.75, 3.05) is 31.6 Å². The maximum Gasteiger partial charge on any atom is 0.343 e. The number of rotatable bonds is 8. The number of sulfonamides is 1. The van der Waals surface area contributed by atoms with Crippen molar-refractivity contribution in [1.29, 1.82) is 0 Å². The van der Waals surface area contributed by atoms with Gasteiger partial charge in [0.05, 0.1) is 13.2 Å². The van der Waals surface area contributed by atoms with Gasteiger partial charge in [-0.15, -0.1) is 0 Å². The standard InChI is InChI=1S/C20H26N4O5S/c1-4-28-17-9-8-15(12-18(17)30(26,27)24-10-6-7-11-24)23-19-16(20(25)29-5-2)13-21-14(3)22-19/h8-9,12-13H,4-7,10-11H2,1-3H3,(H,21,22,23). The lowest BCUT2D eigenvalue weighted by Gasteiger charge is -2.19. The van der Waals surface area contributed by atoms with E-state index in [1.165, 1.54) is 16.6 Å². The van der Waals surface area contributed by atoms with E-state index in [2.05, 4.69) is 15.3 Å². The monoisotopic (exact) mass is 434 g/mol. The Morgan fingerprint density at radius 2 is 1.93 bits per heavy atom. The van der Waals surface area contributed by atoms with Crippen LogP contribution in [0.15, 0.2) is 29.3 Å². The summed E-state index contributed by atoms with van der Waals surface area (Å²) in [5.74, 6) is 0.436. The molecule has 3 rings (SSSR count). The van der Waals surface area contributed by atoms with Crippen molar-refractivity contribution >= 4 is 27.5 Å². The highest BCUT2D eigenvalue weighted by Crippen LogP contribution is 2.32. The van der Waals surface area contributed by atoms with Crippen molar-refractivity contribution in [3.8, 4) is 5.75 Å². The van der Waals surface area contributed by atoms with Crippen LogP contribution in [-0.4, -0.2) is 55.0 Å². The molecular weight excluding hydrogens is 408 g/mol. The first-order chi connectivity index (χ1) is 14.4. The Labute approximate surface area is 176 Å². The number of carbonyl (C=O) groups is 1. The number of aromatic nitrogens is 2. The maximum absolute atomic E-state index is 13.2. The van der Waals surface area contributed by atoms with Gasteiger partial charge in [-0.2, -0.15) is 4.31 Å². The first kappa shape index (κ1) is 22.0. The van der Waals surface area contributed by atoms with Crippen LogP contribution >= 0.6 is 0 Å². The Balaban J connectivity index is 2.00. The molecule has 2 heterocycles. The highest BCUT2D eigenvalue weighted by Gasteiger charge is 2.30. The molecule has 1 aliphatic rings. The van der Waals surface area contributed by atoms with Gasteiger partial charge in [0.1, 0.15) is 27.9 Å². The molecule has 1 saturated heterocycles. The minimum atomic E-state index is -3.71. The van der Waals surface area contributed by atoms with E-state index >= 15 is 0 Å². The summed E-state index contributed by atoms with van der Waals surface area (Å²) >= 11 is 0. The molecule has 1 fully saturated rings. The third-order valence-corrected chi connectivity index (χ3v) is 6.51. The van der Waals surface area contributed by atoms with E-state index in [9.17, 15) is 13.2 Å². The van der Waals surface area contributed by atoms with Crippen LogP contribution in [0, 0.1) is 6.92 Å². The van der Waals surface area contributed by atoms with Crippen molar-refractivity contribution in [3.05, 3.63) is 35.8 Å². The third-order valence-electron chi connectivity index (χ3n) is 4.59. The first-order valence-electron chi connectivity index (χ1n) is 9.91. The summed E-state index contributed by atoms with van der Waals surface area (Å²) in [6, 6.07) is 4.79. The molecule has 0 spiro atoms. The topological polar surface area (TPSA) is 111 Å². The molecule has 0 radical (unpaired) electrons. The van der Waals surface area contributed by atoms with Crippen molar-refractivity contribution < 1.29 is 22.7 Å². The first-order valence-corrected chi connectivity index (χ1v) is 11.4. The van der Waals surface area contributed by atoms with Gasteiger partial charge in [-0.25, -0.2) is 23.2 Å². The van der Waals surface area contributed by atoms with E-state index in [1.54, 1.807) is 32.9 Å². The van der Waals surface area contributed by atoms with E-state index in [-0.39, 0.29) is 22.9 Å². The molecule has 9 nitrogen and oxygen atoms in total. The van der Waals surface area contributed by atoms with Gasteiger partial charge in [0, 0.05) is 25.0 Å². The van der Waals surface area contributed by atoms with Crippen molar-refractivity contribution in [2.45, 2.75) is 38.5 Å². The van der Waals surface area contributed by atoms with E-state index < -0.39 is 16.0 Å². The summed E-state index contributed by atoms with van der Waals surface area (Å²) in [4.78, 5) is 20.7. The number of anilines is 2. The van der Waals surface area contributed by atoms with Crippen LogP contribution in [0.4, 0.5) is 11.5 Å². The molecule has 10 heteroatoms. The predicted octanol–water partition coefficient (Wildman–Crippen LogP) is 2.89. The summed E-state index contributed by atoms with van der Waals surface area (Å²) in [6.45, 7) is 6.74. The summed E-state index contributed by atoms with van der Waals surface area (Å²) in [6.07, 6.45) is 3.06.